The van der Waals surface area contributed by atoms with E-state index in [0.717, 1.165) is 15.6 Å². The predicted octanol–water partition coefficient (Wildman–Crippen LogP) is 5.69. The molecule has 0 spiro atoms. The summed E-state index contributed by atoms with van der Waals surface area (Å²) in [5.74, 6) is -0.0446. The molecule has 0 aliphatic heterocycles. The van der Waals surface area contributed by atoms with E-state index in [1.807, 2.05) is 72.8 Å². The predicted molar refractivity (Wildman–Crippen MR) is 112 cm³/mol. The zero-order valence-corrected chi connectivity index (χ0v) is 16.8. The number of ketones is 1. The second-order valence-corrected chi connectivity index (χ2v) is 7.22. The number of alkyl carbamates (subject to hydrolysis) is 1. The summed E-state index contributed by atoms with van der Waals surface area (Å²) >= 11 is 3.40. The highest BCUT2D eigenvalue weighted by Gasteiger charge is 2.20. The Kier molecular flexibility index (Phi) is 6.98. The van der Waals surface area contributed by atoms with Crippen molar-refractivity contribution in [1.29, 1.82) is 0 Å². The lowest BCUT2D eigenvalue weighted by Gasteiger charge is -2.19. The van der Waals surface area contributed by atoms with Gasteiger partial charge in [-0.3, -0.25) is 4.79 Å². The summed E-state index contributed by atoms with van der Waals surface area (Å²) in [6.07, 6.45) is -0.413. The lowest BCUT2D eigenvalue weighted by molar-refractivity contribution is 0.0963. The van der Waals surface area contributed by atoms with Gasteiger partial charge in [0.05, 0.1) is 6.04 Å². The lowest BCUT2D eigenvalue weighted by Crippen LogP contribution is -2.30. The van der Waals surface area contributed by atoms with Crippen LogP contribution in [0.1, 0.15) is 33.9 Å². The minimum atomic E-state index is -0.558. The van der Waals surface area contributed by atoms with E-state index in [9.17, 15) is 9.59 Å². The number of hydrogen-bond acceptors (Lipinski definition) is 3. The molecular weight excluding hydrogens is 418 g/mol. The quantitative estimate of drug-likeness (QED) is 0.483. The van der Waals surface area contributed by atoms with Crippen LogP contribution in [-0.2, 0) is 11.3 Å². The van der Waals surface area contributed by atoms with Crippen molar-refractivity contribution < 1.29 is 14.3 Å². The molecule has 0 aromatic heterocycles. The Bertz CT molecular complexity index is 912. The average Bonchev–Trinajstić information content (AvgIpc) is 2.74. The fourth-order valence-electron chi connectivity index (χ4n) is 2.78. The van der Waals surface area contributed by atoms with E-state index in [2.05, 4.69) is 21.2 Å². The molecule has 3 aromatic rings. The van der Waals surface area contributed by atoms with Gasteiger partial charge in [-0.25, -0.2) is 4.79 Å². The summed E-state index contributed by atoms with van der Waals surface area (Å²) in [5, 5.41) is 2.83. The van der Waals surface area contributed by atoms with Crippen LogP contribution in [0, 0.1) is 0 Å². The Labute approximate surface area is 172 Å². The Hall–Kier alpha value is -2.92. The van der Waals surface area contributed by atoms with Gasteiger partial charge < -0.3 is 10.1 Å². The highest BCUT2D eigenvalue weighted by atomic mass is 79.9. The maximum absolute atomic E-state index is 12.7. The van der Waals surface area contributed by atoms with E-state index in [4.69, 9.17) is 4.74 Å². The van der Waals surface area contributed by atoms with Gasteiger partial charge in [-0.1, -0.05) is 88.7 Å². The van der Waals surface area contributed by atoms with Crippen molar-refractivity contribution in [3.8, 4) is 0 Å². The van der Waals surface area contributed by atoms with E-state index in [1.54, 1.807) is 12.1 Å². The van der Waals surface area contributed by atoms with E-state index in [1.165, 1.54) is 0 Å². The van der Waals surface area contributed by atoms with Crippen LogP contribution >= 0.6 is 15.9 Å². The first-order valence-electron chi connectivity index (χ1n) is 8.93. The molecule has 0 aliphatic rings. The molecule has 0 bridgehead atoms. The van der Waals surface area contributed by atoms with Crippen LogP contribution in [0.15, 0.2) is 89.4 Å². The number of hydrogen-bond donors (Lipinski definition) is 1. The Balaban J connectivity index is 1.69. The van der Waals surface area contributed by atoms with Gasteiger partial charge in [-0.05, 0) is 23.3 Å². The first kappa shape index (κ1) is 19.8. The van der Waals surface area contributed by atoms with Crippen molar-refractivity contribution in [2.45, 2.75) is 19.1 Å². The fraction of sp³-hybridized carbons (Fsp3) is 0.130. The van der Waals surface area contributed by atoms with E-state index >= 15 is 0 Å². The zero-order chi connectivity index (χ0) is 19.8. The summed E-state index contributed by atoms with van der Waals surface area (Å²) < 4.78 is 6.25. The van der Waals surface area contributed by atoms with Crippen LogP contribution in [0.25, 0.3) is 0 Å². The Morgan fingerprint density at radius 2 is 1.46 bits per heavy atom. The molecule has 5 heteroatoms. The van der Waals surface area contributed by atoms with E-state index in [0.29, 0.717) is 5.56 Å². The number of carbonyl (C=O) groups is 2. The van der Waals surface area contributed by atoms with Gasteiger partial charge in [0.2, 0.25) is 0 Å². The fourth-order valence-corrected chi connectivity index (χ4v) is 3.05. The Morgan fingerprint density at radius 3 is 2.11 bits per heavy atom. The van der Waals surface area contributed by atoms with Gasteiger partial charge in [-0.15, -0.1) is 0 Å². The molecule has 0 saturated heterocycles. The van der Waals surface area contributed by atoms with Gasteiger partial charge in [0.15, 0.2) is 5.78 Å². The molecule has 1 atom stereocenters. The number of carbonyl (C=O) groups excluding carboxylic acids is 2. The standard InChI is InChI=1S/C23H20BrNO3/c24-20-13-11-18(12-14-20)21(15-22(26)19-9-5-2-6-10-19)25-23(27)28-16-17-7-3-1-4-8-17/h1-14,21H,15-16H2,(H,25,27). The molecule has 1 N–H and O–H groups in total. The highest BCUT2D eigenvalue weighted by Crippen LogP contribution is 2.22. The number of benzene rings is 3. The average molecular weight is 438 g/mol. The van der Waals surface area contributed by atoms with Crippen molar-refractivity contribution in [3.63, 3.8) is 0 Å². The summed E-state index contributed by atoms with van der Waals surface area (Å²) in [7, 11) is 0. The summed E-state index contributed by atoms with van der Waals surface area (Å²) in [4.78, 5) is 25.0. The number of rotatable bonds is 7. The molecule has 0 saturated carbocycles. The zero-order valence-electron chi connectivity index (χ0n) is 15.2. The number of ether oxygens (including phenoxy) is 1. The molecule has 1 unspecified atom stereocenters. The summed E-state index contributed by atoms with van der Waals surface area (Å²) in [5.41, 5.74) is 2.35. The van der Waals surface area contributed by atoms with Gasteiger partial charge in [0.1, 0.15) is 6.61 Å². The number of Topliss-reactive ketones (excluding diaryl/α,β-unsaturated/α-hetero) is 1. The normalized spacial score (nSPS) is 11.5. The molecule has 4 nitrogen and oxygen atoms in total. The molecule has 0 aliphatic carbocycles. The van der Waals surface area contributed by atoms with Crippen molar-refractivity contribution in [1.82, 2.24) is 5.32 Å². The monoisotopic (exact) mass is 437 g/mol. The largest absolute Gasteiger partial charge is 0.445 e. The van der Waals surface area contributed by atoms with Crippen LogP contribution in [0.2, 0.25) is 0 Å². The van der Waals surface area contributed by atoms with Crippen LogP contribution in [0.5, 0.6) is 0 Å². The third-order valence-electron chi connectivity index (χ3n) is 4.26. The van der Waals surface area contributed by atoms with Crippen molar-refractivity contribution >= 4 is 27.8 Å². The number of nitrogens with one attached hydrogen (secondary N) is 1. The van der Waals surface area contributed by atoms with Crippen LogP contribution in [-0.4, -0.2) is 11.9 Å². The van der Waals surface area contributed by atoms with Crippen LogP contribution in [0.4, 0.5) is 4.79 Å². The molecule has 3 aromatic carbocycles. The van der Waals surface area contributed by atoms with Crippen LogP contribution in [0.3, 0.4) is 0 Å². The molecule has 28 heavy (non-hydrogen) atoms. The first-order chi connectivity index (χ1) is 13.6. The third-order valence-corrected chi connectivity index (χ3v) is 4.79. The topological polar surface area (TPSA) is 55.4 Å². The summed E-state index contributed by atoms with van der Waals surface area (Å²) in [6.45, 7) is 0.173. The maximum Gasteiger partial charge on any atom is 0.407 e. The number of halogens is 1. The van der Waals surface area contributed by atoms with Crippen molar-refractivity contribution in [2.75, 3.05) is 0 Å². The van der Waals surface area contributed by atoms with Gasteiger partial charge in [0, 0.05) is 16.5 Å². The second kappa shape index (κ2) is 9.85. The number of amides is 1. The molecule has 0 fully saturated rings. The minimum absolute atomic E-state index is 0.0446. The SMILES string of the molecule is O=C(NC(CC(=O)c1ccccc1)c1ccc(Br)cc1)OCc1ccccc1. The van der Waals surface area contributed by atoms with E-state index < -0.39 is 12.1 Å². The molecule has 142 valence electrons. The van der Waals surface area contributed by atoms with E-state index in [-0.39, 0.29) is 18.8 Å². The van der Waals surface area contributed by atoms with Crippen LogP contribution < -0.4 is 5.32 Å². The van der Waals surface area contributed by atoms with Crippen molar-refractivity contribution in [2.24, 2.45) is 0 Å². The maximum atomic E-state index is 12.7. The van der Waals surface area contributed by atoms with Gasteiger partial charge >= 0.3 is 6.09 Å². The molecule has 0 heterocycles. The molecule has 3 rings (SSSR count). The second-order valence-electron chi connectivity index (χ2n) is 6.30. The third kappa shape index (κ3) is 5.79. The highest BCUT2D eigenvalue weighted by molar-refractivity contribution is 9.10. The minimum Gasteiger partial charge on any atom is -0.445 e. The summed E-state index contributed by atoms with van der Waals surface area (Å²) in [6, 6.07) is 25.6. The lowest BCUT2D eigenvalue weighted by atomic mass is 9.98. The molecule has 1 amide bonds. The van der Waals surface area contributed by atoms with Crippen molar-refractivity contribution in [3.05, 3.63) is 106 Å². The van der Waals surface area contributed by atoms with Gasteiger partial charge in [-0.2, -0.15) is 0 Å². The Morgan fingerprint density at radius 1 is 0.857 bits per heavy atom. The van der Waals surface area contributed by atoms with Gasteiger partial charge in [0.25, 0.3) is 0 Å². The first-order valence-corrected chi connectivity index (χ1v) is 9.72. The smallest absolute Gasteiger partial charge is 0.407 e. The molecular formula is C23H20BrNO3. The molecule has 0 radical (unpaired) electrons.